The molecule has 0 saturated carbocycles. The average molecular weight is 340 g/mol. The predicted octanol–water partition coefficient (Wildman–Crippen LogP) is 2.93. The number of hydrogen-bond donors (Lipinski definition) is 2. The fourth-order valence-corrected chi connectivity index (χ4v) is 3.46. The molecule has 0 unspecified atom stereocenters. The molecule has 122 valence electrons. The predicted molar refractivity (Wildman–Crippen MR) is 95.5 cm³/mol. The third kappa shape index (κ3) is 2.82. The van der Waals surface area contributed by atoms with Gasteiger partial charge in [-0.2, -0.15) is 5.10 Å². The zero-order valence-electron chi connectivity index (χ0n) is 13.1. The van der Waals surface area contributed by atoms with Crippen LogP contribution in [0.2, 0.25) is 0 Å². The number of carbonyl (C=O) groups is 1. The van der Waals surface area contributed by atoms with Gasteiger partial charge in [-0.25, -0.2) is 0 Å². The van der Waals surface area contributed by atoms with Crippen LogP contribution in [0.5, 0.6) is 0 Å². The second-order valence-electron chi connectivity index (χ2n) is 5.67. The average Bonchev–Trinajstić information content (AvgIpc) is 3.22. The zero-order valence-corrected chi connectivity index (χ0v) is 13.9. The number of nitrogens with one attached hydrogen (secondary N) is 2. The molecule has 0 bridgehead atoms. The Morgan fingerprint density at radius 3 is 3.08 bits per heavy atom. The van der Waals surface area contributed by atoms with Gasteiger partial charge in [-0.1, -0.05) is 17.8 Å². The van der Waals surface area contributed by atoms with Crippen molar-refractivity contribution >= 4 is 34.2 Å². The fourth-order valence-electron chi connectivity index (χ4n) is 2.69. The molecule has 2 aromatic rings. The summed E-state index contributed by atoms with van der Waals surface area (Å²) in [5.41, 5.74) is 6.90. The van der Waals surface area contributed by atoms with E-state index >= 15 is 0 Å². The van der Waals surface area contributed by atoms with Crippen LogP contribution in [0, 0.1) is 0 Å². The first-order valence-corrected chi connectivity index (χ1v) is 8.66. The molecule has 1 aromatic carbocycles. The Balaban J connectivity index is 1.49. The molecule has 6 nitrogen and oxygen atoms in total. The Kier molecular flexibility index (Phi) is 3.86. The van der Waals surface area contributed by atoms with E-state index in [1.807, 2.05) is 37.3 Å². The van der Waals surface area contributed by atoms with E-state index in [0.29, 0.717) is 6.54 Å². The topological polar surface area (TPSA) is 79.0 Å². The Hall–Kier alpha value is -2.54. The Labute approximate surface area is 143 Å². The molecule has 0 saturated heterocycles. The molecule has 0 fully saturated rings. The number of amidine groups is 1. The molecule has 7 heteroatoms. The van der Waals surface area contributed by atoms with Gasteiger partial charge in [-0.15, -0.1) is 0 Å². The Morgan fingerprint density at radius 1 is 1.42 bits per heavy atom. The van der Waals surface area contributed by atoms with E-state index in [1.54, 1.807) is 18.0 Å². The molecule has 0 spiro atoms. The molecule has 2 N–H and O–H groups in total. The molecule has 0 radical (unpaired) electrons. The smallest absolute Gasteiger partial charge is 0.231 e. The number of rotatable bonds is 3. The highest BCUT2D eigenvalue weighted by Gasteiger charge is 2.27. The van der Waals surface area contributed by atoms with Crippen LogP contribution in [0.25, 0.3) is 0 Å². The molecular formula is C17H16N4O2S. The number of benzene rings is 1. The largest absolute Gasteiger partial charge is 0.467 e. The summed E-state index contributed by atoms with van der Waals surface area (Å²) in [6.07, 6.45) is 1.64. The third-order valence-corrected chi connectivity index (χ3v) is 5.00. The minimum atomic E-state index is -0.116. The maximum Gasteiger partial charge on any atom is 0.231 e. The van der Waals surface area contributed by atoms with Gasteiger partial charge in [-0.05, 0) is 42.3 Å². The lowest BCUT2D eigenvalue weighted by Gasteiger charge is -2.15. The highest BCUT2D eigenvalue weighted by Crippen LogP contribution is 2.33. The summed E-state index contributed by atoms with van der Waals surface area (Å²) in [4.78, 5) is 16.2. The van der Waals surface area contributed by atoms with Gasteiger partial charge in [0, 0.05) is 11.4 Å². The maximum absolute atomic E-state index is 11.7. The molecule has 0 aliphatic carbocycles. The van der Waals surface area contributed by atoms with Crippen LogP contribution in [0.1, 0.15) is 29.7 Å². The second kappa shape index (κ2) is 6.16. The van der Waals surface area contributed by atoms with Crippen molar-refractivity contribution in [3.05, 3.63) is 53.5 Å². The van der Waals surface area contributed by atoms with E-state index < -0.39 is 0 Å². The van der Waals surface area contributed by atoms with Crippen LogP contribution in [0.3, 0.4) is 0 Å². The van der Waals surface area contributed by atoms with Crippen LogP contribution in [0.4, 0.5) is 5.69 Å². The normalized spacial score (nSPS) is 21.2. The van der Waals surface area contributed by atoms with Gasteiger partial charge in [0.1, 0.15) is 5.76 Å². The van der Waals surface area contributed by atoms with E-state index in [0.717, 1.165) is 39.2 Å². The number of hydrazone groups is 1. The van der Waals surface area contributed by atoms with Crippen molar-refractivity contribution in [1.82, 2.24) is 5.43 Å². The lowest BCUT2D eigenvalue weighted by atomic mass is 9.99. The number of fused-ring (bicyclic) bond motifs is 1. The molecule has 4 rings (SSSR count). The van der Waals surface area contributed by atoms with Gasteiger partial charge in [0.05, 0.1) is 24.4 Å². The number of thioether (sulfide) groups is 1. The van der Waals surface area contributed by atoms with Crippen LogP contribution in [0.15, 0.2) is 51.1 Å². The first-order chi connectivity index (χ1) is 11.7. The molecule has 1 aromatic heterocycles. The fraction of sp³-hybridized carbons (Fsp3) is 0.235. The van der Waals surface area contributed by atoms with Crippen LogP contribution >= 0.6 is 11.8 Å². The van der Waals surface area contributed by atoms with Gasteiger partial charge >= 0.3 is 0 Å². The van der Waals surface area contributed by atoms with Crippen LogP contribution in [-0.4, -0.2) is 22.5 Å². The van der Waals surface area contributed by atoms with Gasteiger partial charge < -0.3 is 9.73 Å². The first-order valence-electron chi connectivity index (χ1n) is 7.68. The van der Waals surface area contributed by atoms with Gasteiger partial charge in [-0.3, -0.25) is 15.2 Å². The quantitative estimate of drug-likeness (QED) is 0.900. The first kappa shape index (κ1) is 15.0. The van der Waals surface area contributed by atoms with Gasteiger partial charge in [0.15, 0.2) is 5.17 Å². The van der Waals surface area contributed by atoms with Crippen molar-refractivity contribution in [1.29, 1.82) is 0 Å². The molecular weight excluding hydrogens is 324 g/mol. The number of amides is 1. The molecule has 2 aliphatic heterocycles. The number of carbonyl (C=O) groups excluding carboxylic acids is 1. The second-order valence-corrected chi connectivity index (χ2v) is 6.64. The monoisotopic (exact) mass is 340 g/mol. The van der Waals surface area contributed by atoms with Crippen LogP contribution in [-0.2, 0) is 11.3 Å². The van der Waals surface area contributed by atoms with Crippen molar-refractivity contribution in [2.75, 3.05) is 11.1 Å². The summed E-state index contributed by atoms with van der Waals surface area (Å²) in [6.45, 7) is 2.41. The van der Waals surface area contributed by atoms with Crippen molar-refractivity contribution in [2.45, 2.75) is 19.4 Å². The highest BCUT2D eigenvalue weighted by atomic mass is 32.2. The van der Waals surface area contributed by atoms with Gasteiger partial charge in [0.25, 0.3) is 0 Å². The lowest BCUT2D eigenvalue weighted by molar-refractivity contribution is -0.116. The summed E-state index contributed by atoms with van der Waals surface area (Å²) in [6, 6.07) is 9.72. The van der Waals surface area contributed by atoms with Gasteiger partial charge in [0.2, 0.25) is 5.91 Å². The summed E-state index contributed by atoms with van der Waals surface area (Å²) >= 11 is 1.61. The van der Waals surface area contributed by atoms with E-state index in [-0.39, 0.29) is 11.8 Å². The number of hydrogen-bond acceptors (Lipinski definition) is 5. The summed E-state index contributed by atoms with van der Waals surface area (Å²) in [5, 5.41) is 8.10. The van der Waals surface area contributed by atoms with Crippen molar-refractivity contribution in [3.63, 3.8) is 0 Å². The molecule has 2 aliphatic rings. The van der Waals surface area contributed by atoms with E-state index in [4.69, 9.17) is 4.42 Å². The van der Waals surface area contributed by atoms with E-state index in [2.05, 4.69) is 20.8 Å². The van der Waals surface area contributed by atoms with Crippen molar-refractivity contribution in [2.24, 2.45) is 10.1 Å². The molecule has 3 heterocycles. The summed E-state index contributed by atoms with van der Waals surface area (Å²) in [5.74, 6) is 1.49. The van der Waals surface area contributed by atoms with E-state index in [1.165, 1.54) is 0 Å². The number of aliphatic imine (C=N–C) groups is 1. The van der Waals surface area contributed by atoms with Crippen molar-refractivity contribution in [3.8, 4) is 0 Å². The number of nitrogens with zero attached hydrogens (tertiary/aromatic N) is 2. The maximum atomic E-state index is 11.7. The molecule has 1 amide bonds. The highest BCUT2D eigenvalue weighted by molar-refractivity contribution is 8.14. The number of furan rings is 1. The third-order valence-electron chi connectivity index (χ3n) is 4.09. The minimum absolute atomic E-state index is 0.0487. The zero-order chi connectivity index (χ0) is 16.5. The summed E-state index contributed by atoms with van der Waals surface area (Å²) in [7, 11) is 0. The van der Waals surface area contributed by atoms with E-state index in [9.17, 15) is 4.79 Å². The SMILES string of the molecule is C[C@H]1C(=O)Nc2ccc(C3=NNC(=NCc4ccco4)SC3)cc21. The minimum Gasteiger partial charge on any atom is -0.467 e. The Morgan fingerprint density at radius 2 is 2.33 bits per heavy atom. The summed E-state index contributed by atoms with van der Waals surface area (Å²) < 4.78 is 5.26. The standard InChI is InChI=1S/C17H16N4O2S/c1-10-13-7-11(4-5-14(13)19-16(10)22)15-9-24-17(21-20-15)18-8-12-3-2-6-23-12/h2-7,10H,8-9H2,1H3,(H,18,21)(H,19,22)/t10-/m1/s1. The molecule has 1 atom stereocenters. The molecule has 24 heavy (non-hydrogen) atoms. The number of anilines is 1. The lowest BCUT2D eigenvalue weighted by Crippen LogP contribution is -2.25. The Bertz CT molecular complexity index is 842. The van der Waals surface area contributed by atoms with Crippen molar-refractivity contribution < 1.29 is 9.21 Å². The van der Waals surface area contributed by atoms with Crippen LogP contribution < -0.4 is 10.7 Å².